The van der Waals surface area contributed by atoms with E-state index in [1.54, 1.807) is 11.3 Å². The van der Waals surface area contributed by atoms with Crippen molar-refractivity contribution in [2.24, 2.45) is 11.7 Å². The van der Waals surface area contributed by atoms with Crippen LogP contribution in [0.5, 0.6) is 5.75 Å². The molecule has 0 saturated heterocycles. The Hall–Kier alpha value is -1.34. The summed E-state index contributed by atoms with van der Waals surface area (Å²) in [5, 5.41) is 5.92. The zero-order valence-electron chi connectivity index (χ0n) is 16.9. The maximum Gasteiger partial charge on any atom is 0.226 e. The molecule has 0 aliphatic rings. The summed E-state index contributed by atoms with van der Waals surface area (Å²) in [6.07, 6.45) is 1.12. The quantitative estimate of drug-likeness (QED) is 0.593. The lowest BCUT2D eigenvalue weighted by atomic mass is 9.90. The summed E-state index contributed by atoms with van der Waals surface area (Å²) in [4.78, 5) is 17.0. The average Bonchev–Trinajstić information content (AvgIpc) is 3.03. The van der Waals surface area contributed by atoms with E-state index in [0.29, 0.717) is 19.1 Å². The topological polar surface area (TPSA) is 77.2 Å². The van der Waals surface area contributed by atoms with Crippen LogP contribution in [0.25, 0.3) is 10.6 Å². The summed E-state index contributed by atoms with van der Waals surface area (Å²) in [6.45, 7) is 9.28. The van der Waals surface area contributed by atoms with E-state index in [4.69, 9.17) is 10.5 Å². The minimum absolute atomic E-state index is 0. The van der Waals surface area contributed by atoms with E-state index < -0.39 is 0 Å². The van der Waals surface area contributed by atoms with Gasteiger partial charge in [-0.1, -0.05) is 13.8 Å². The SMILES string of the molecule is CCOc1ccc(-c2nc(CC(=O)NC(C)(CN)CC(C)C)cs2)cc1.Cl.Cl. The molecule has 0 radical (unpaired) electrons. The number of benzene rings is 1. The van der Waals surface area contributed by atoms with Gasteiger partial charge in [0.15, 0.2) is 0 Å². The molecule has 1 amide bonds. The fourth-order valence-corrected chi connectivity index (χ4v) is 3.84. The largest absolute Gasteiger partial charge is 0.494 e. The normalized spacial score (nSPS) is 12.5. The molecule has 158 valence electrons. The molecule has 5 nitrogen and oxygen atoms in total. The Morgan fingerprint density at radius 1 is 1.29 bits per heavy atom. The number of amides is 1. The Morgan fingerprint density at radius 2 is 1.93 bits per heavy atom. The van der Waals surface area contributed by atoms with Crippen LogP contribution in [0.4, 0.5) is 0 Å². The third-order valence-electron chi connectivity index (χ3n) is 4.06. The van der Waals surface area contributed by atoms with E-state index in [0.717, 1.165) is 28.4 Å². The molecule has 1 heterocycles. The van der Waals surface area contributed by atoms with Crippen LogP contribution < -0.4 is 15.8 Å². The smallest absolute Gasteiger partial charge is 0.226 e. The molecule has 0 aliphatic heterocycles. The van der Waals surface area contributed by atoms with Crippen LogP contribution in [0.2, 0.25) is 0 Å². The van der Waals surface area contributed by atoms with Gasteiger partial charge in [-0.15, -0.1) is 36.2 Å². The summed E-state index contributed by atoms with van der Waals surface area (Å²) in [5.41, 5.74) is 7.30. The molecule has 0 saturated carbocycles. The zero-order valence-corrected chi connectivity index (χ0v) is 19.3. The predicted octanol–water partition coefficient (Wildman–Crippen LogP) is 4.47. The number of aromatic nitrogens is 1. The van der Waals surface area contributed by atoms with Crippen LogP contribution in [0.3, 0.4) is 0 Å². The Kier molecular flexibility index (Phi) is 11.7. The Morgan fingerprint density at radius 3 is 2.46 bits per heavy atom. The fourth-order valence-electron chi connectivity index (χ4n) is 3.01. The molecular weight excluding hydrogens is 417 g/mol. The molecule has 3 N–H and O–H groups in total. The predicted molar refractivity (Wildman–Crippen MR) is 122 cm³/mol. The van der Waals surface area contributed by atoms with Gasteiger partial charge in [-0.05, 0) is 50.5 Å². The van der Waals surface area contributed by atoms with E-state index in [1.807, 2.05) is 43.5 Å². The zero-order chi connectivity index (χ0) is 19.2. The van der Waals surface area contributed by atoms with Crippen molar-refractivity contribution in [2.45, 2.75) is 46.1 Å². The highest BCUT2D eigenvalue weighted by molar-refractivity contribution is 7.13. The van der Waals surface area contributed by atoms with Crippen molar-refractivity contribution in [1.29, 1.82) is 0 Å². The molecule has 8 heteroatoms. The molecule has 1 aromatic carbocycles. The van der Waals surface area contributed by atoms with Crippen LogP contribution in [0, 0.1) is 5.92 Å². The number of halogens is 2. The van der Waals surface area contributed by atoms with E-state index in [9.17, 15) is 4.79 Å². The second-order valence-electron chi connectivity index (χ2n) is 7.19. The van der Waals surface area contributed by atoms with Crippen molar-refractivity contribution in [2.75, 3.05) is 13.2 Å². The van der Waals surface area contributed by atoms with Gasteiger partial charge in [0.1, 0.15) is 10.8 Å². The van der Waals surface area contributed by atoms with Crippen LogP contribution in [0.1, 0.15) is 39.8 Å². The summed E-state index contributed by atoms with van der Waals surface area (Å²) in [5.74, 6) is 1.27. The number of nitrogens with one attached hydrogen (secondary N) is 1. The Bertz CT molecular complexity index is 722. The molecule has 0 bridgehead atoms. The van der Waals surface area contributed by atoms with E-state index in [1.165, 1.54) is 0 Å². The fraction of sp³-hybridized carbons (Fsp3) is 0.500. The molecule has 1 aromatic heterocycles. The highest BCUT2D eigenvalue weighted by Crippen LogP contribution is 2.26. The average molecular weight is 448 g/mol. The van der Waals surface area contributed by atoms with Crippen molar-refractivity contribution in [1.82, 2.24) is 10.3 Å². The van der Waals surface area contributed by atoms with Crippen molar-refractivity contribution in [3.05, 3.63) is 35.3 Å². The van der Waals surface area contributed by atoms with Crippen LogP contribution >= 0.6 is 36.2 Å². The number of ether oxygens (including phenoxy) is 1. The maximum absolute atomic E-state index is 12.4. The summed E-state index contributed by atoms with van der Waals surface area (Å²) in [6, 6.07) is 7.85. The monoisotopic (exact) mass is 447 g/mol. The van der Waals surface area contributed by atoms with Gasteiger partial charge in [-0.3, -0.25) is 4.79 Å². The lowest BCUT2D eigenvalue weighted by Crippen LogP contribution is -2.52. The van der Waals surface area contributed by atoms with Gasteiger partial charge in [-0.2, -0.15) is 0 Å². The third-order valence-corrected chi connectivity index (χ3v) is 5.00. The Labute approximate surface area is 184 Å². The highest BCUT2D eigenvalue weighted by Gasteiger charge is 2.26. The number of nitrogens with two attached hydrogens (primary N) is 1. The van der Waals surface area contributed by atoms with E-state index >= 15 is 0 Å². The number of carbonyl (C=O) groups is 1. The molecule has 28 heavy (non-hydrogen) atoms. The third kappa shape index (κ3) is 7.95. The van der Waals surface area contributed by atoms with Crippen LogP contribution in [0.15, 0.2) is 29.6 Å². The molecule has 2 rings (SSSR count). The van der Waals surface area contributed by atoms with Gasteiger partial charge in [0, 0.05) is 23.0 Å². The first-order valence-electron chi connectivity index (χ1n) is 9.04. The number of hydrogen-bond acceptors (Lipinski definition) is 5. The van der Waals surface area contributed by atoms with Gasteiger partial charge in [0.05, 0.1) is 18.7 Å². The maximum atomic E-state index is 12.4. The van der Waals surface area contributed by atoms with Crippen LogP contribution in [-0.4, -0.2) is 29.6 Å². The molecule has 2 aromatic rings. The molecule has 0 fully saturated rings. The summed E-state index contributed by atoms with van der Waals surface area (Å²) >= 11 is 1.54. The second kappa shape index (κ2) is 12.3. The number of thiazole rings is 1. The van der Waals surface area contributed by atoms with Gasteiger partial charge in [0.25, 0.3) is 0 Å². The van der Waals surface area contributed by atoms with Gasteiger partial charge in [-0.25, -0.2) is 4.98 Å². The van der Waals surface area contributed by atoms with Crippen molar-refractivity contribution < 1.29 is 9.53 Å². The van der Waals surface area contributed by atoms with Gasteiger partial charge in [0.2, 0.25) is 5.91 Å². The van der Waals surface area contributed by atoms with Crippen molar-refractivity contribution >= 4 is 42.1 Å². The highest BCUT2D eigenvalue weighted by atomic mass is 35.5. The Balaban J connectivity index is 0.00000364. The standard InChI is InChI=1S/C20H29N3O2S.2ClH/c1-5-25-17-8-6-15(7-9-17)19-22-16(12-26-19)10-18(24)23-20(4,13-21)11-14(2)3;;/h6-9,12,14H,5,10-11,13,21H2,1-4H3,(H,23,24);2*1H. The van der Waals surface area contributed by atoms with Gasteiger partial charge < -0.3 is 15.8 Å². The number of nitrogens with zero attached hydrogens (tertiary/aromatic N) is 1. The lowest BCUT2D eigenvalue weighted by molar-refractivity contribution is -0.122. The second-order valence-corrected chi connectivity index (χ2v) is 8.05. The lowest BCUT2D eigenvalue weighted by Gasteiger charge is -2.31. The van der Waals surface area contributed by atoms with E-state index in [-0.39, 0.29) is 42.7 Å². The number of hydrogen-bond donors (Lipinski definition) is 2. The molecule has 1 atom stereocenters. The number of carbonyl (C=O) groups excluding carboxylic acids is 1. The summed E-state index contributed by atoms with van der Waals surface area (Å²) < 4.78 is 5.46. The molecule has 1 unspecified atom stereocenters. The minimum Gasteiger partial charge on any atom is -0.494 e. The summed E-state index contributed by atoms with van der Waals surface area (Å²) in [7, 11) is 0. The molecule has 0 spiro atoms. The first-order chi connectivity index (χ1) is 12.3. The van der Waals surface area contributed by atoms with E-state index in [2.05, 4.69) is 24.1 Å². The van der Waals surface area contributed by atoms with Crippen LogP contribution in [-0.2, 0) is 11.2 Å². The minimum atomic E-state index is -0.376. The molecule has 0 aliphatic carbocycles. The van der Waals surface area contributed by atoms with Gasteiger partial charge >= 0.3 is 0 Å². The number of rotatable bonds is 9. The van der Waals surface area contributed by atoms with Crippen molar-refractivity contribution in [3.63, 3.8) is 0 Å². The first kappa shape index (κ1) is 26.7. The first-order valence-corrected chi connectivity index (χ1v) is 9.92. The van der Waals surface area contributed by atoms with Crippen molar-refractivity contribution in [3.8, 4) is 16.3 Å². The molecular formula is C20H31Cl2N3O2S.